The third-order valence-electron chi connectivity index (χ3n) is 4.86. The number of ether oxygens (including phenoxy) is 1. The van der Waals surface area contributed by atoms with Crippen molar-refractivity contribution < 1.29 is 26.4 Å². The highest BCUT2D eigenvalue weighted by molar-refractivity contribution is 9.10. The van der Waals surface area contributed by atoms with Crippen LogP contribution in [0.5, 0.6) is 0 Å². The Balaban J connectivity index is 1.72. The van der Waals surface area contributed by atoms with Crippen molar-refractivity contribution in [2.24, 2.45) is 0 Å². The SMILES string of the molecule is Cc1cc(N(CC(=O)Nc2ccc(S(=O)(=O)N3CCOCC3)cc2)S(C)(=O)=O)ccc1Br. The first-order chi connectivity index (χ1) is 15.0. The highest BCUT2D eigenvalue weighted by Gasteiger charge is 2.26. The molecule has 32 heavy (non-hydrogen) atoms. The number of rotatable bonds is 7. The number of nitrogens with one attached hydrogen (secondary N) is 1. The second-order valence-corrected chi connectivity index (χ2v) is 12.0. The summed E-state index contributed by atoms with van der Waals surface area (Å²) in [5, 5.41) is 2.62. The molecule has 2 aromatic rings. The Kier molecular flexibility index (Phi) is 7.61. The third kappa shape index (κ3) is 5.87. The summed E-state index contributed by atoms with van der Waals surface area (Å²) in [5.41, 5.74) is 1.56. The van der Waals surface area contributed by atoms with Crippen LogP contribution < -0.4 is 9.62 Å². The van der Waals surface area contributed by atoms with E-state index >= 15 is 0 Å². The van der Waals surface area contributed by atoms with E-state index in [1.165, 1.54) is 28.6 Å². The van der Waals surface area contributed by atoms with Crippen LogP contribution in [0.25, 0.3) is 0 Å². The molecule has 0 bridgehead atoms. The number of anilines is 2. The fourth-order valence-corrected chi connectivity index (χ4v) is 5.66. The Morgan fingerprint density at radius 2 is 1.72 bits per heavy atom. The van der Waals surface area contributed by atoms with Crippen molar-refractivity contribution in [3.63, 3.8) is 0 Å². The van der Waals surface area contributed by atoms with Gasteiger partial charge in [-0.2, -0.15) is 4.31 Å². The molecule has 3 rings (SSSR count). The fraction of sp³-hybridized carbons (Fsp3) is 0.350. The summed E-state index contributed by atoms with van der Waals surface area (Å²) in [6.45, 7) is 2.67. The summed E-state index contributed by atoms with van der Waals surface area (Å²) < 4.78 is 58.3. The standard InChI is InChI=1S/C20H24BrN3O6S2/c1-15-13-17(5-8-19(15)21)24(31(2,26)27)14-20(25)22-16-3-6-18(7-4-16)32(28,29)23-9-11-30-12-10-23/h3-8,13H,9-12,14H2,1-2H3,(H,22,25). The lowest BCUT2D eigenvalue weighted by molar-refractivity contribution is -0.114. The molecule has 9 nitrogen and oxygen atoms in total. The molecule has 1 aliphatic rings. The van der Waals surface area contributed by atoms with Crippen molar-refractivity contribution in [2.75, 3.05) is 48.7 Å². The van der Waals surface area contributed by atoms with E-state index in [9.17, 15) is 21.6 Å². The van der Waals surface area contributed by atoms with Crippen molar-refractivity contribution in [3.8, 4) is 0 Å². The summed E-state index contributed by atoms with van der Waals surface area (Å²) in [6, 6.07) is 10.8. The van der Waals surface area contributed by atoms with Gasteiger partial charge in [-0.3, -0.25) is 9.10 Å². The molecular weight excluding hydrogens is 522 g/mol. The first kappa shape index (κ1) is 24.6. The van der Waals surface area contributed by atoms with Crippen molar-refractivity contribution >= 4 is 53.3 Å². The molecule has 1 aliphatic heterocycles. The van der Waals surface area contributed by atoms with Gasteiger partial charge in [0.15, 0.2) is 0 Å². The van der Waals surface area contributed by atoms with E-state index in [0.29, 0.717) is 24.6 Å². The molecule has 1 fully saturated rings. The van der Waals surface area contributed by atoms with E-state index in [0.717, 1.165) is 20.6 Å². The predicted molar refractivity (Wildman–Crippen MR) is 126 cm³/mol. The molecule has 2 aromatic carbocycles. The van der Waals surface area contributed by atoms with Crippen LogP contribution in [0.2, 0.25) is 0 Å². The Hall–Kier alpha value is -1.99. The lowest BCUT2D eigenvalue weighted by atomic mass is 10.2. The number of sulfonamides is 2. The van der Waals surface area contributed by atoms with Gasteiger partial charge in [-0.05, 0) is 55.0 Å². The minimum atomic E-state index is -3.71. The lowest BCUT2D eigenvalue weighted by Gasteiger charge is -2.26. The number of aryl methyl sites for hydroxylation is 1. The topological polar surface area (TPSA) is 113 Å². The van der Waals surface area contributed by atoms with Gasteiger partial charge in [0, 0.05) is 23.2 Å². The average molecular weight is 546 g/mol. The maximum atomic E-state index is 12.7. The number of hydrogen-bond donors (Lipinski definition) is 1. The smallest absolute Gasteiger partial charge is 0.245 e. The van der Waals surface area contributed by atoms with E-state index in [4.69, 9.17) is 4.74 Å². The molecule has 0 aliphatic carbocycles. The van der Waals surface area contributed by atoms with Crippen LogP contribution in [0, 0.1) is 6.92 Å². The van der Waals surface area contributed by atoms with Crippen LogP contribution in [0.4, 0.5) is 11.4 Å². The number of hydrogen-bond acceptors (Lipinski definition) is 6. The Morgan fingerprint density at radius 3 is 2.28 bits per heavy atom. The zero-order chi connectivity index (χ0) is 23.5. The van der Waals surface area contributed by atoms with Gasteiger partial charge in [-0.25, -0.2) is 16.8 Å². The van der Waals surface area contributed by atoms with Crippen molar-refractivity contribution in [2.45, 2.75) is 11.8 Å². The van der Waals surface area contributed by atoms with Crippen LogP contribution in [-0.4, -0.2) is 66.2 Å². The van der Waals surface area contributed by atoms with Crippen LogP contribution in [-0.2, 0) is 29.6 Å². The molecule has 1 heterocycles. The number of carbonyl (C=O) groups is 1. The summed E-state index contributed by atoms with van der Waals surface area (Å²) in [5.74, 6) is -0.556. The van der Waals surface area contributed by atoms with Gasteiger partial charge in [0.05, 0.1) is 30.1 Å². The molecule has 1 N–H and O–H groups in total. The molecule has 1 amide bonds. The van der Waals surface area contributed by atoms with Crippen LogP contribution >= 0.6 is 15.9 Å². The first-order valence-corrected chi connectivity index (χ1v) is 13.8. The van der Waals surface area contributed by atoms with E-state index in [1.54, 1.807) is 18.2 Å². The number of benzene rings is 2. The normalized spacial score (nSPS) is 15.3. The molecular formula is C20H24BrN3O6S2. The fourth-order valence-electron chi connectivity index (χ4n) is 3.16. The maximum absolute atomic E-state index is 12.7. The minimum absolute atomic E-state index is 0.112. The summed E-state index contributed by atoms with van der Waals surface area (Å²) >= 11 is 3.37. The highest BCUT2D eigenvalue weighted by atomic mass is 79.9. The van der Waals surface area contributed by atoms with E-state index < -0.39 is 32.5 Å². The second-order valence-electron chi connectivity index (χ2n) is 7.29. The molecule has 0 spiro atoms. The molecule has 0 radical (unpaired) electrons. The molecule has 12 heteroatoms. The van der Waals surface area contributed by atoms with Crippen LogP contribution in [0.15, 0.2) is 51.8 Å². The monoisotopic (exact) mass is 545 g/mol. The average Bonchev–Trinajstić information content (AvgIpc) is 2.74. The quantitative estimate of drug-likeness (QED) is 0.570. The molecule has 1 saturated heterocycles. The van der Waals surface area contributed by atoms with Gasteiger partial charge in [0.1, 0.15) is 6.54 Å². The summed E-state index contributed by atoms with van der Waals surface area (Å²) in [6.07, 6.45) is 1.03. The molecule has 0 saturated carbocycles. The first-order valence-electron chi connectivity index (χ1n) is 9.70. The zero-order valence-corrected chi connectivity index (χ0v) is 20.8. The lowest BCUT2D eigenvalue weighted by Crippen LogP contribution is -2.40. The maximum Gasteiger partial charge on any atom is 0.245 e. The molecule has 0 unspecified atom stereocenters. The van der Waals surface area contributed by atoms with Gasteiger partial charge in [-0.1, -0.05) is 15.9 Å². The largest absolute Gasteiger partial charge is 0.379 e. The van der Waals surface area contributed by atoms with Gasteiger partial charge < -0.3 is 10.1 Å². The van der Waals surface area contributed by atoms with Gasteiger partial charge >= 0.3 is 0 Å². The van der Waals surface area contributed by atoms with E-state index in [-0.39, 0.29) is 18.0 Å². The minimum Gasteiger partial charge on any atom is -0.379 e. The number of morpholine rings is 1. The Bertz CT molecular complexity index is 1190. The number of nitrogens with zero attached hydrogens (tertiary/aromatic N) is 2. The van der Waals surface area contributed by atoms with Crippen molar-refractivity contribution in [1.29, 1.82) is 0 Å². The molecule has 0 aromatic heterocycles. The molecule has 174 valence electrons. The highest BCUT2D eigenvalue weighted by Crippen LogP contribution is 2.25. The van der Waals surface area contributed by atoms with E-state index in [2.05, 4.69) is 21.2 Å². The number of amides is 1. The van der Waals surface area contributed by atoms with Gasteiger partial charge in [0.2, 0.25) is 26.0 Å². The van der Waals surface area contributed by atoms with Gasteiger partial charge in [-0.15, -0.1) is 0 Å². The Labute approximate surface area is 196 Å². The third-order valence-corrected chi connectivity index (χ3v) is 8.81. The molecule has 0 atom stereocenters. The number of halogens is 1. The van der Waals surface area contributed by atoms with Crippen molar-refractivity contribution in [1.82, 2.24) is 4.31 Å². The summed E-state index contributed by atoms with van der Waals surface area (Å²) in [7, 11) is -7.35. The van der Waals surface area contributed by atoms with Crippen LogP contribution in [0.3, 0.4) is 0 Å². The van der Waals surface area contributed by atoms with E-state index in [1.807, 2.05) is 6.92 Å². The van der Waals surface area contributed by atoms with Crippen LogP contribution in [0.1, 0.15) is 5.56 Å². The Morgan fingerprint density at radius 1 is 1.09 bits per heavy atom. The number of carbonyl (C=O) groups excluding carboxylic acids is 1. The second kappa shape index (κ2) is 9.87. The summed E-state index contributed by atoms with van der Waals surface area (Å²) in [4.78, 5) is 12.7. The van der Waals surface area contributed by atoms with Gasteiger partial charge in [0.25, 0.3) is 0 Å². The zero-order valence-electron chi connectivity index (χ0n) is 17.6. The predicted octanol–water partition coefficient (Wildman–Crippen LogP) is 2.18. The van der Waals surface area contributed by atoms with Crippen molar-refractivity contribution in [3.05, 3.63) is 52.5 Å².